The van der Waals surface area contributed by atoms with E-state index in [4.69, 9.17) is 11.6 Å². The highest BCUT2D eigenvalue weighted by molar-refractivity contribution is 7.92. The predicted octanol–water partition coefficient (Wildman–Crippen LogP) is 3.86. The van der Waals surface area contributed by atoms with Gasteiger partial charge in [0.2, 0.25) is 15.9 Å². The van der Waals surface area contributed by atoms with Crippen molar-refractivity contribution in [1.82, 2.24) is 5.32 Å². The molecule has 152 valence electrons. The van der Waals surface area contributed by atoms with Gasteiger partial charge < -0.3 is 5.32 Å². The molecule has 0 bridgehead atoms. The van der Waals surface area contributed by atoms with Gasteiger partial charge in [-0.1, -0.05) is 29.8 Å². The molecule has 0 radical (unpaired) electrons. The molecule has 0 fully saturated rings. The first kappa shape index (κ1) is 22.2. The van der Waals surface area contributed by atoms with E-state index in [1.807, 2.05) is 56.3 Å². The first-order chi connectivity index (χ1) is 13.1. The number of rotatable bonds is 9. The Kier molecular flexibility index (Phi) is 7.89. The van der Waals surface area contributed by atoms with Crippen LogP contribution >= 0.6 is 11.6 Å². The van der Waals surface area contributed by atoms with Crippen LogP contribution in [0.4, 0.5) is 5.69 Å². The second-order valence-corrected chi connectivity index (χ2v) is 9.35. The number of carbonyl (C=O) groups excluding carboxylic acids is 1. The molecule has 0 saturated heterocycles. The second-order valence-electron chi connectivity index (χ2n) is 7.01. The summed E-state index contributed by atoms with van der Waals surface area (Å²) in [7, 11) is -3.42. The number of nitrogens with one attached hydrogen (secondary N) is 1. The Morgan fingerprint density at radius 3 is 2.25 bits per heavy atom. The summed E-state index contributed by atoms with van der Waals surface area (Å²) < 4.78 is 25.8. The Bertz CT molecular complexity index is 891. The van der Waals surface area contributed by atoms with Crippen molar-refractivity contribution < 1.29 is 13.2 Å². The minimum Gasteiger partial charge on any atom is -0.356 e. The van der Waals surface area contributed by atoms with Crippen molar-refractivity contribution in [3.8, 4) is 0 Å². The normalized spacial score (nSPS) is 11.3. The molecule has 0 heterocycles. The highest BCUT2D eigenvalue weighted by Gasteiger charge is 2.18. The number of hydrogen-bond donors (Lipinski definition) is 1. The van der Waals surface area contributed by atoms with Gasteiger partial charge in [0.1, 0.15) is 0 Å². The molecule has 0 aromatic heterocycles. The highest BCUT2D eigenvalue weighted by atomic mass is 35.5. The van der Waals surface area contributed by atoms with E-state index >= 15 is 0 Å². The van der Waals surface area contributed by atoms with Crippen molar-refractivity contribution in [2.45, 2.75) is 33.1 Å². The topological polar surface area (TPSA) is 66.5 Å². The molecule has 1 amide bonds. The fourth-order valence-electron chi connectivity index (χ4n) is 3.05. The van der Waals surface area contributed by atoms with Gasteiger partial charge in [0, 0.05) is 24.5 Å². The van der Waals surface area contributed by atoms with Gasteiger partial charge in [-0.15, -0.1) is 0 Å². The van der Waals surface area contributed by atoms with Gasteiger partial charge in [0.15, 0.2) is 0 Å². The molecule has 7 heteroatoms. The minimum absolute atomic E-state index is 0.0807. The molecule has 0 saturated carbocycles. The van der Waals surface area contributed by atoms with Crippen LogP contribution in [0.15, 0.2) is 42.5 Å². The smallest absolute Gasteiger partial charge is 0.232 e. The van der Waals surface area contributed by atoms with Crippen LogP contribution < -0.4 is 9.62 Å². The Morgan fingerprint density at radius 2 is 1.68 bits per heavy atom. The van der Waals surface area contributed by atoms with E-state index in [1.54, 1.807) is 0 Å². The molecule has 0 aliphatic carbocycles. The lowest BCUT2D eigenvalue weighted by molar-refractivity contribution is -0.121. The molecular weight excluding hydrogens is 396 g/mol. The van der Waals surface area contributed by atoms with Gasteiger partial charge in [-0.2, -0.15) is 0 Å². The van der Waals surface area contributed by atoms with E-state index < -0.39 is 10.0 Å². The summed E-state index contributed by atoms with van der Waals surface area (Å²) in [4.78, 5) is 12.1. The third kappa shape index (κ3) is 7.17. The second kappa shape index (κ2) is 9.94. The van der Waals surface area contributed by atoms with Crippen LogP contribution in [-0.4, -0.2) is 33.7 Å². The van der Waals surface area contributed by atoms with E-state index in [9.17, 15) is 13.2 Å². The minimum atomic E-state index is -3.42. The fourth-order valence-corrected chi connectivity index (χ4v) is 4.13. The van der Waals surface area contributed by atoms with Crippen LogP contribution in [0.2, 0.25) is 5.02 Å². The van der Waals surface area contributed by atoms with Gasteiger partial charge in [-0.3, -0.25) is 9.10 Å². The Balaban J connectivity index is 1.84. The van der Waals surface area contributed by atoms with Gasteiger partial charge in [0.05, 0.1) is 11.9 Å². The lowest BCUT2D eigenvalue weighted by atomic mass is 10.1. The summed E-state index contributed by atoms with van der Waals surface area (Å²) >= 11 is 5.86. The van der Waals surface area contributed by atoms with Crippen LogP contribution in [0.25, 0.3) is 0 Å². The predicted molar refractivity (Wildman–Crippen MR) is 116 cm³/mol. The Hall–Kier alpha value is -2.05. The van der Waals surface area contributed by atoms with E-state index in [0.717, 1.165) is 23.1 Å². The monoisotopic (exact) mass is 422 g/mol. The van der Waals surface area contributed by atoms with Crippen molar-refractivity contribution in [2.75, 3.05) is 23.7 Å². The van der Waals surface area contributed by atoms with Crippen molar-refractivity contribution in [3.63, 3.8) is 0 Å². The number of sulfonamides is 1. The zero-order chi connectivity index (χ0) is 20.7. The van der Waals surface area contributed by atoms with E-state index in [0.29, 0.717) is 23.7 Å². The van der Waals surface area contributed by atoms with Crippen LogP contribution in [0, 0.1) is 13.8 Å². The maximum atomic E-state index is 12.2. The first-order valence-electron chi connectivity index (χ1n) is 9.22. The summed E-state index contributed by atoms with van der Waals surface area (Å²) in [6.07, 6.45) is 2.64. The molecule has 0 spiro atoms. The molecule has 1 N–H and O–H groups in total. The summed E-state index contributed by atoms with van der Waals surface area (Å²) in [5.74, 6) is -0.0807. The van der Waals surface area contributed by atoms with Crippen molar-refractivity contribution in [3.05, 3.63) is 64.2 Å². The lowest BCUT2D eigenvalue weighted by Crippen LogP contribution is -2.32. The van der Waals surface area contributed by atoms with Crippen LogP contribution in [-0.2, 0) is 21.2 Å². The zero-order valence-corrected chi connectivity index (χ0v) is 18.1. The summed E-state index contributed by atoms with van der Waals surface area (Å²) in [5, 5.41) is 3.56. The molecule has 28 heavy (non-hydrogen) atoms. The zero-order valence-electron chi connectivity index (χ0n) is 16.5. The first-order valence-corrected chi connectivity index (χ1v) is 11.4. The molecule has 2 aromatic carbocycles. The average Bonchev–Trinajstić information content (AvgIpc) is 2.58. The van der Waals surface area contributed by atoms with Crippen LogP contribution in [0.3, 0.4) is 0 Å². The summed E-state index contributed by atoms with van der Waals surface area (Å²) in [5.41, 5.74) is 3.75. The van der Waals surface area contributed by atoms with Gasteiger partial charge >= 0.3 is 0 Å². The van der Waals surface area contributed by atoms with Gasteiger partial charge in [-0.25, -0.2) is 8.42 Å². The van der Waals surface area contributed by atoms with Crippen LogP contribution in [0.5, 0.6) is 0 Å². The summed E-state index contributed by atoms with van der Waals surface area (Å²) in [6, 6.07) is 13.2. The Labute approximate surface area is 172 Å². The number of benzene rings is 2. The number of hydrogen-bond acceptors (Lipinski definition) is 3. The number of carbonyl (C=O) groups is 1. The molecule has 2 rings (SSSR count). The molecule has 0 aliphatic heterocycles. The maximum absolute atomic E-state index is 12.2. The standard InChI is InChI=1S/C21H27ClN2O3S/c1-16-13-17(2)15-20(14-16)24(28(3,26)27)12-4-5-21(25)23-11-10-18-6-8-19(22)9-7-18/h6-9,13-15H,4-5,10-12H2,1-3H3,(H,23,25). The SMILES string of the molecule is Cc1cc(C)cc(N(CCCC(=O)NCCc2ccc(Cl)cc2)S(C)(=O)=O)c1. The summed E-state index contributed by atoms with van der Waals surface area (Å²) in [6.45, 7) is 4.68. The molecular formula is C21H27ClN2O3S. The van der Waals surface area contributed by atoms with Crippen molar-refractivity contribution in [2.24, 2.45) is 0 Å². The molecule has 0 aliphatic rings. The van der Waals surface area contributed by atoms with E-state index in [1.165, 1.54) is 10.6 Å². The molecule has 2 aromatic rings. The molecule has 0 atom stereocenters. The molecule has 0 unspecified atom stereocenters. The van der Waals surface area contributed by atoms with E-state index in [-0.39, 0.29) is 18.9 Å². The largest absolute Gasteiger partial charge is 0.356 e. The van der Waals surface area contributed by atoms with Gasteiger partial charge in [-0.05, 0) is 67.6 Å². The van der Waals surface area contributed by atoms with Crippen LogP contribution in [0.1, 0.15) is 29.5 Å². The third-order valence-electron chi connectivity index (χ3n) is 4.31. The van der Waals surface area contributed by atoms with E-state index in [2.05, 4.69) is 5.32 Å². The highest BCUT2D eigenvalue weighted by Crippen LogP contribution is 2.21. The third-order valence-corrected chi connectivity index (χ3v) is 5.75. The number of amides is 1. The number of anilines is 1. The maximum Gasteiger partial charge on any atom is 0.232 e. The average molecular weight is 423 g/mol. The number of nitrogens with zero attached hydrogens (tertiary/aromatic N) is 1. The van der Waals surface area contributed by atoms with Crippen molar-refractivity contribution in [1.29, 1.82) is 0 Å². The fraction of sp³-hybridized carbons (Fsp3) is 0.381. The Morgan fingerprint density at radius 1 is 1.07 bits per heavy atom. The van der Waals surface area contributed by atoms with Crippen molar-refractivity contribution >= 4 is 33.2 Å². The lowest BCUT2D eigenvalue weighted by Gasteiger charge is -2.23. The number of aryl methyl sites for hydroxylation is 2. The number of halogens is 1. The molecule has 5 nitrogen and oxygen atoms in total. The van der Waals surface area contributed by atoms with Gasteiger partial charge in [0.25, 0.3) is 0 Å². The quantitative estimate of drug-likeness (QED) is 0.667.